The van der Waals surface area contributed by atoms with E-state index in [1.807, 2.05) is 0 Å². The monoisotopic (exact) mass is 380 g/mol. The van der Waals surface area contributed by atoms with Gasteiger partial charge in [-0.15, -0.1) is 0 Å². The molecule has 2 aliphatic heterocycles. The van der Waals surface area contributed by atoms with E-state index in [2.05, 4.69) is 5.32 Å². The van der Waals surface area contributed by atoms with Crippen molar-refractivity contribution >= 4 is 23.5 Å². The van der Waals surface area contributed by atoms with Crippen LogP contribution in [0, 0.1) is 11.8 Å². The SMILES string of the molecule is COC(=O)[C@]1(C)N[C@@H](c2ccc(O)cc2)C2C(=O)N(c3ccccc3)C(=O)C21. The van der Waals surface area contributed by atoms with Crippen LogP contribution >= 0.6 is 0 Å². The van der Waals surface area contributed by atoms with Gasteiger partial charge in [0.05, 0.1) is 24.6 Å². The van der Waals surface area contributed by atoms with Gasteiger partial charge < -0.3 is 9.84 Å². The van der Waals surface area contributed by atoms with E-state index in [9.17, 15) is 19.5 Å². The number of aromatic hydroxyl groups is 1. The van der Waals surface area contributed by atoms with E-state index < -0.39 is 35.3 Å². The fraction of sp³-hybridized carbons (Fsp3) is 0.286. The molecule has 7 nitrogen and oxygen atoms in total. The number of phenols is 1. The van der Waals surface area contributed by atoms with E-state index in [4.69, 9.17) is 4.74 Å². The lowest BCUT2D eigenvalue weighted by Crippen LogP contribution is -2.54. The van der Waals surface area contributed by atoms with Crippen LogP contribution in [0.3, 0.4) is 0 Å². The number of hydrogen-bond donors (Lipinski definition) is 2. The first-order valence-electron chi connectivity index (χ1n) is 8.96. The Morgan fingerprint density at radius 1 is 1.07 bits per heavy atom. The van der Waals surface area contributed by atoms with Crippen molar-refractivity contribution < 1.29 is 24.2 Å². The van der Waals surface area contributed by atoms with Crippen LogP contribution in [0.5, 0.6) is 5.75 Å². The standard InChI is InChI=1S/C21H20N2O5/c1-21(20(27)28-2)16-15(17(22-21)12-8-10-14(24)11-9-12)18(25)23(19(16)26)13-6-4-3-5-7-13/h3-11,15-17,22,24H,1-2H3/t15?,16?,17-,21+/m0/s1. The molecule has 2 N–H and O–H groups in total. The van der Waals surface area contributed by atoms with Crippen molar-refractivity contribution in [3.8, 4) is 5.75 Å². The molecule has 7 heteroatoms. The minimum Gasteiger partial charge on any atom is -0.508 e. The highest BCUT2D eigenvalue weighted by atomic mass is 16.5. The summed E-state index contributed by atoms with van der Waals surface area (Å²) in [5.74, 6) is -2.95. The molecule has 28 heavy (non-hydrogen) atoms. The number of ether oxygens (including phenoxy) is 1. The molecule has 2 amide bonds. The predicted octanol–water partition coefficient (Wildman–Crippen LogP) is 1.77. The van der Waals surface area contributed by atoms with Gasteiger partial charge in [0.1, 0.15) is 11.3 Å². The fourth-order valence-corrected chi connectivity index (χ4v) is 4.34. The summed E-state index contributed by atoms with van der Waals surface area (Å²) in [5.41, 5.74) is -0.168. The number of nitrogens with zero attached hydrogens (tertiary/aromatic N) is 1. The molecule has 144 valence electrons. The molecule has 4 rings (SSSR count). The van der Waals surface area contributed by atoms with Crippen molar-refractivity contribution in [2.75, 3.05) is 12.0 Å². The summed E-state index contributed by atoms with van der Waals surface area (Å²) in [6, 6.07) is 14.5. The first-order valence-corrected chi connectivity index (χ1v) is 8.96. The number of carbonyl (C=O) groups excluding carboxylic acids is 3. The van der Waals surface area contributed by atoms with E-state index >= 15 is 0 Å². The van der Waals surface area contributed by atoms with Crippen molar-refractivity contribution in [3.63, 3.8) is 0 Å². The number of imide groups is 1. The highest BCUT2D eigenvalue weighted by molar-refractivity contribution is 6.24. The molecule has 0 aromatic heterocycles. The molecule has 2 heterocycles. The molecule has 0 aliphatic carbocycles. The zero-order valence-corrected chi connectivity index (χ0v) is 15.5. The molecule has 0 radical (unpaired) electrons. The largest absolute Gasteiger partial charge is 0.508 e. The van der Waals surface area contributed by atoms with Crippen molar-refractivity contribution in [2.45, 2.75) is 18.5 Å². The van der Waals surface area contributed by atoms with Crippen molar-refractivity contribution in [1.29, 1.82) is 0 Å². The van der Waals surface area contributed by atoms with E-state index in [1.54, 1.807) is 49.4 Å². The number of fused-ring (bicyclic) bond motifs is 1. The smallest absolute Gasteiger partial charge is 0.326 e. The third-order valence-electron chi connectivity index (χ3n) is 5.66. The highest BCUT2D eigenvalue weighted by Gasteiger charge is 2.67. The number of esters is 1. The number of phenolic OH excluding ortho intramolecular Hbond substituents is 1. The molecule has 2 saturated heterocycles. The summed E-state index contributed by atoms with van der Waals surface area (Å²) in [5, 5.41) is 12.7. The number of para-hydroxylation sites is 1. The topological polar surface area (TPSA) is 95.9 Å². The Hall–Kier alpha value is -3.19. The molecule has 2 unspecified atom stereocenters. The van der Waals surface area contributed by atoms with E-state index in [1.165, 1.54) is 19.2 Å². The molecule has 4 atom stereocenters. The predicted molar refractivity (Wildman–Crippen MR) is 100 cm³/mol. The van der Waals surface area contributed by atoms with Crippen LogP contribution in [0.15, 0.2) is 54.6 Å². The maximum atomic E-state index is 13.3. The van der Waals surface area contributed by atoms with Crippen molar-refractivity contribution in [1.82, 2.24) is 5.32 Å². The molecular weight excluding hydrogens is 360 g/mol. The van der Waals surface area contributed by atoms with E-state index in [-0.39, 0.29) is 11.7 Å². The zero-order chi connectivity index (χ0) is 20.1. The fourth-order valence-electron chi connectivity index (χ4n) is 4.34. The molecule has 0 spiro atoms. The van der Waals surface area contributed by atoms with Gasteiger partial charge in [0, 0.05) is 6.04 Å². The van der Waals surface area contributed by atoms with Gasteiger partial charge in [0.2, 0.25) is 11.8 Å². The van der Waals surface area contributed by atoms with Crippen LogP contribution in [0.2, 0.25) is 0 Å². The van der Waals surface area contributed by atoms with Gasteiger partial charge in [-0.1, -0.05) is 30.3 Å². The van der Waals surface area contributed by atoms with Gasteiger partial charge in [-0.3, -0.25) is 19.7 Å². The highest BCUT2D eigenvalue weighted by Crippen LogP contribution is 2.50. The van der Waals surface area contributed by atoms with Crippen LogP contribution in [-0.4, -0.2) is 35.5 Å². The zero-order valence-electron chi connectivity index (χ0n) is 15.5. The number of methoxy groups -OCH3 is 1. The minimum atomic E-state index is -1.35. The maximum absolute atomic E-state index is 13.3. The Morgan fingerprint density at radius 3 is 2.32 bits per heavy atom. The second-order valence-corrected chi connectivity index (χ2v) is 7.26. The number of benzene rings is 2. The normalized spacial score (nSPS) is 29.1. The number of rotatable bonds is 3. The average Bonchev–Trinajstić information content (AvgIpc) is 3.16. The average molecular weight is 380 g/mol. The molecule has 2 aromatic carbocycles. The van der Waals surface area contributed by atoms with Gasteiger partial charge in [-0.05, 0) is 36.8 Å². The number of amides is 2. The number of anilines is 1. The van der Waals surface area contributed by atoms with Crippen LogP contribution in [0.4, 0.5) is 5.69 Å². The summed E-state index contributed by atoms with van der Waals surface area (Å²) < 4.78 is 4.95. The third kappa shape index (κ3) is 2.51. The number of carbonyl (C=O) groups is 3. The van der Waals surface area contributed by atoms with Gasteiger partial charge >= 0.3 is 5.97 Å². The summed E-state index contributed by atoms with van der Waals surface area (Å²) in [6.45, 7) is 1.59. The molecule has 0 bridgehead atoms. The van der Waals surface area contributed by atoms with Gasteiger partial charge in [0.25, 0.3) is 0 Å². The van der Waals surface area contributed by atoms with Gasteiger partial charge in [-0.2, -0.15) is 0 Å². The Bertz CT molecular complexity index is 943. The minimum absolute atomic E-state index is 0.0914. The molecule has 0 saturated carbocycles. The Labute approximate surface area is 161 Å². The van der Waals surface area contributed by atoms with Crippen LogP contribution < -0.4 is 10.2 Å². The summed E-state index contributed by atoms with van der Waals surface area (Å²) in [6.07, 6.45) is 0. The molecule has 2 aliphatic rings. The lowest BCUT2D eigenvalue weighted by atomic mass is 9.80. The molecule has 2 fully saturated rings. The van der Waals surface area contributed by atoms with Crippen LogP contribution in [0.25, 0.3) is 0 Å². The first-order chi connectivity index (χ1) is 13.4. The van der Waals surface area contributed by atoms with Crippen molar-refractivity contribution in [2.24, 2.45) is 11.8 Å². The lowest BCUT2D eigenvalue weighted by Gasteiger charge is -2.28. The van der Waals surface area contributed by atoms with Crippen LogP contribution in [0.1, 0.15) is 18.5 Å². The van der Waals surface area contributed by atoms with Crippen molar-refractivity contribution in [3.05, 3.63) is 60.2 Å². The van der Waals surface area contributed by atoms with E-state index in [0.717, 1.165) is 4.90 Å². The summed E-state index contributed by atoms with van der Waals surface area (Å²) in [4.78, 5) is 40.3. The van der Waals surface area contributed by atoms with Gasteiger partial charge in [0.15, 0.2) is 0 Å². The molecule has 2 aromatic rings. The Morgan fingerprint density at radius 2 is 1.71 bits per heavy atom. The first kappa shape index (κ1) is 18.2. The quantitative estimate of drug-likeness (QED) is 0.622. The summed E-state index contributed by atoms with van der Waals surface area (Å²) in [7, 11) is 1.26. The third-order valence-corrected chi connectivity index (χ3v) is 5.66. The second-order valence-electron chi connectivity index (χ2n) is 7.26. The van der Waals surface area contributed by atoms with Crippen LogP contribution in [-0.2, 0) is 19.1 Å². The maximum Gasteiger partial charge on any atom is 0.326 e. The van der Waals surface area contributed by atoms with Gasteiger partial charge in [-0.25, -0.2) is 4.90 Å². The summed E-state index contributed by atoms with van der Waals surface area (Å²) >= 11 is 0. The molecular formula is C21H20N2O5. The second kappa shape index (κ2) is 6.45. The Balaban J connectivity index is 1.82. The number of hydrogen-bond acceptors (Lipinski definition) is 6. The Kier molecular flexibility index (Phi) is 4.19. The number of nitrogens with one attached hydrogen (secondary N) is 1. The lowest BCUT2D eigenvalue weighted by molar-refractivity contribution is -0.151. The van der Waals surface area contributed by atoms with E-state index in [0.29, 0.717) is 11.3 Å².